The van der Waals surface area contributed by atoms with Crippen molar-refractivity contribution in [2.24, 2.45) is 4.99 Å². The van der Waals surface area contributed by atoms with Crippen molar-refractivity contribution in [1.29, 1.82) is 0 Å². The van der Waals surface area contributed by atoms with Gasteiger partial charge in [-0.3, -0.25) is 9.79 Å². The molecule has 11 nitrogen and oxygen atoms in total. The van der Waals surface area contributed by atoms with Crippen LogP contribution in [0, 0.1) is 0 Å². The van der Waals surface area contributed by atoms with Gasteiger partial charge in [0.15, 0.2) is 5.76 Å². The van der Waals surface area contributed by atoms with Gasteiger partial charge in [-0.05, 0) is 17.7 Å². The number of aromatic nitrogens is 1. The first-order valence-corrected chi connectivity index (χ1v) is 6.86. The lowest BCUT2D eigenvalue weighted by molar-refractivity contribution is -0.140. The normalized spacial score (nSPS) is 20.1. The number of nitrogens with one attached hydrogen (secondary N) is 2. The fourth-order valence-corrected chi connectivity index (χ4v) is 2.06. The smallest absolute Gasteiger partial charge is 0.351 e. The number of rotatable bonds is 6. The number of aliphatic carboxylic acids is 3. The SMILES string of the molecule is O=C(O)C1=C/C(=C\C=N[C@H](C(=O)O)c2cc(=O)[nH]o2)C[C@@H](C(=O)O)N1. The molecule has 25 heavy (non-hydrogen) atoms. The number of H-pyrrole nitrogens is 1. The molecule has 1 aromatic heterocycles. The Bertz CT molecular complexity index is 844. The van der Waals surface area contributed by atoms with Gasteiger partial charge in [0.25, 0.3) is 5.56 Å². The van der Waals surface area contributed by atoms with E-state index >= 15 is 0 Å². The molecule has 0 aliphatic carbocycles. The van der Waals surface area contributed by atoms with E-state index in [4.69, 9.17) is 19.8 Å². The largest absolute Gasteiger partial charge is 0.480 e. The summed E-state index contributed by atoms with van der Waals surface area (Å²) in [5.41, 5.74) is -0.594. The van der Waals surface area contributed by atoms with Gasteiger partial charge < -0.3 is 25.2 Å². The van der Waals surface area contributed by atoms with E-state index in [1.54, 1.807) is 0 Å². The first kappa shape index (κ1) is 17.7. The second-order valence-electron chi connectivity index (χ2n) is 5.00. The van der Waals surface area contributed by atoms with E-state index in [0.717, 1.165) is 12.3 Å². The minimum atomic E-state index is -1.48. The Kier molecular flexibility index (Phi) is 5.17. The Morgan fingerprint density at radius 2 is 2.04 bits per heavy atom. The molecule has 2 atom stereocenters. The van der Waals surface area contributed by atoms with Crippen molar-refractivity contribution in [2.75, 3.05) is 0 Å². The number of nitrogens with zero attached hydrogens (tertiary/aromatic N) is 1. The summed E-state index contributed by atoms with van der Waals surface area (Å²) in [6, 6.07) is -1.67. The van der Waals surface area contributed by atoms with Gasteiger partial charge in [0.1, 0.15) is 11.7 Å². The minimum absolute atomic E-state index is 0.0187. The van der Waals surface area contributed by atoms with Crippen LogP contribution in [-0.4, -0.2) is 50.6 Å². The average Bonchev–Trinajstić information content (AvgIpc) is 2.96. The molecule has 0 radical (unpaired) electrons. The number of hydrogen-bond acceptors (Lipinski definition) is 7. The zero-order chi connectivity index (χ0) is 18.6. The maximum absolute atomic E-state index is 11.2. The van der Waals surface area contributed by atoms with Gasteiger partial charge in [0.05, 0.1) is 6.07 Å². The van der Waals surface area contributed by atoms with E-state index in [1.165, 1.54) is 12.2 Å². The standard InChI is InChI=1S/C14H13N3O8/c18-10-5-9(25-17-10)11(14(23)24)15-2-1-6-3-7(12(19)20)16-8(4-6)13(21)22/h1-3,5,8,11,16H,4H2,(H,17,18)(H,19,20)(H,21,22)(H,23,24)/b6-1+,15-2?/t8-,11-/m0/s1. The first-order valence-electron chi connectivity index (χ1n) is 6.86. The topological polar surface area (TPSA) is 182 Å². The molecule has 132 valence electrons. The van der Waals surface area contributed by atoms with Crippen LogP contribution in [0.2, 0.25) is 0 Å². The van der Waals surface area contributed by atoms with E-state index in [9.17, 15) is 19.2 Å². The molecule has 0 spiro atoms. The van der Waals surface area contributed by atoms with Gasteiger partial charge in [0.2, 0.25) is 6.04 Å². The third-order valence-corrected chi connectivity index (χ3v) is 3.20. The molecular formula is C14H13N3O8. The van der Waals surface area contributed by atoms with Crippen LogP contribution in [0.1, 0.15) is 18.2 Å². The summed E-state index contributed by atoms with van der Waals surface area (Å²) in [5.74, 6) is -4.13. The summed E-state index contributed by atoms with van der Waals surface area (Å²) >= 11 is 0. The summed E-state index contributed by atoms with van der Waals surface area (Å²) in [6.45, 7) is 0. The fraction of sp³-hybridized carbons (Fsp3) is 0.214. The van der Waals surface area contributed by atoms with Crippen molar-refractivity contribution in [3.8, 4) is 0 Å². The predicted octanol–water partition coefficient (Wildman–Crippen LogP) is -0.494. The van der Waals surface area contributed by atoms with Crippen molar-refractivity contribution in [3.63, 3.8) is 0 Å². The van der Waals surface area contributed by atoms with Crippen LogP contribution in [0.25, 0.3) is 0 Å². The Morgan fingerprint density at radius 3 is 2.56 bits per heavy atom. The molecule has 2 heterocycles. The number of aliphatic imine (C=N–C) groups is 1. The molecule has 0 amide bonds. The van der Waals surface area contributed by atoms with Crippen LogP contribution in [0.5, 0.6) is 0 Å². The van der Waals surface area contributed by atoms with Crippen LogP contribution in [0.4, 0.5) is 0 Å². The lowest BCUT2D eigenvalue weighted by Gasteiger charge is -2.21. The number of carbonyl (C=O) groups is 3. The maximum Gasteiger partial charge on any atom is 0.351 e. The lowest BCUT2D eigenvalue weighted by Crippen LogP contribution is -2.41. The number of hydrogen-bond donors (Lipinski definition) is 5. The van der Waals surface area contributed by atoms with Crippen molar-refractivity contribution in [2.45, 2.75) is 18.5 Å². The Hall–Kier alpha value is -3.63. The number of carboxylic acid groups (broad SMARTS) is 3. The number of aromatic amines is 1. The summed E-state index contributed by atoms with van der Waals surface area (Å²) in [6.07, 6.45) is 3.58. The lowest BCUT2D eigenvalue weighted by atomic mass is 10.00. The summed E-state index contributed by atoms with van der Waals surface area (Å²) in [4.78, 5) is 48.0. The third kappa shape index (κ3) is 4.43. The highest BCUT2D eigenvalue weighted by atomic mass is 16.5. The average molecular weight is 351 g/mol. The first-order chi connectivity index (χ1) is 11.8. The highest BCUT2D eigenvalue weighted by molar-refractivity contribution is 5.90. The summed E-state index contributed by atoms with van der Waals surface area (Å²) in [5, 5.41) is 31.4. The summed E-state index contributed by atoms with van der Waals surface area (Å²) < 4.78 is 4.70. The number of allylic oxidation sites excluding steroid dienone is 2. The third-order valence-electron chi connectivity index (χ3n) is 3.20. The highest BCUT2D eigenvalue weighted by Gasteiger charge is 2.26. The molecule has 1 aliphatic rings. The van der Waals surface area contributed by atoms with E-state index in [1.807, 2.05) is 5.16 Å². The van der Waals surface area contributed by atoms with Crippen LogP contribution >= 0.6 is 0 Å². The van der Waals surface area contributed by atoms with Crippen molar-refractivity contribution in [1.82, 2.24) is 10.5 Å². The zero-order valence-electron chi connectivity index (χ0n) is 12.5. The predicted molar refractivity (Wildman–Crippen MR) is 81.2 cm³/mol. The van der Waals surface area contributed by atoms with Crippen LogP contribution in [-0.2, 0) is 14.4 Å². The quantitative estimate of drug-likeness (QED) is 0.422. The minimum Gasteiger partial charge on any atom is -0.480 e. The van der Waals surface area contributed by atoms with Crippen LogP contribution in [0.3, 0.4) is 0 Å². The second-order valence-corrected chi connectivity index (χ2v) is 5.00. The maximum atomic E-state index is 11.2. The molecular weight excluding hydrogens is 338 g/mol. The van der Waals surface area contributed by atoms with Crippen molar-refractivity contribution in [3.05, 3.63) is 45.6 Å². The second kappa shape index (κ2) is 7.29. The molecule has 11 heteroatoms. The molecule has 0 bridgehead atoms. The molecule has 1 aliphatic heterocycles. The van der Waals surface area contributed by atoms with Gasteiger partial charge in [-0.1, -0.05) is 0 Å². The zero-order valence-corrected chi connectivity index (χ0v) is 12.5. The Morgan fingerprint density at radius 1 is 1.32 bits per heavy atom. The van der Waals surface area contributed by atoms with Crippen LogP contribution in [0.15, 0.2) is 43.8 Å². The van der Waals surface area contributed by atoms with Crippen molar-refractivity contribution >= 4 is 24.1 Å². The van der Waals surface area contributed by atoms with Gasteiger partial charge in [-0.2, -0.15) is 5.16 Å². The van der Waals surface area contributed by atoms with Gasteiger partial charge in [-0.15, -0.1) is 0 Å². The van der Waals surface area contributed by atoms with Crippen molar-refractivity contribution < 1.29 is 34.2 Å². The molecule has 5 N–H and O–H groups in total. The molecule has 2 rings (SSSR count). The highest BCUT2D eigenvalue weighted by Crippen LogP contribution is 2.18. The fourth-order valence-electron chi connectivity index (χ4n) is 2.06. The number of carboxylic acids is 3. The van der Waals surface area contributed by atoms with Gasteiger partial charge >= 0.3 is 17.9 Å². The molecule has 0 saturated carbocycles. The van der Waals surface area contributed by atoms with Gasteiger partial charge in [-0.25, -0.2) is 14.4 Å². The van der Waals surface area contributed by atoms with E-state index in [0.29, 0.717) is 5.57 Å². The Labute approximate surface area is 139 Å². The van der Waals surface area contributed by atoms with E-state index in [2.05, 4.69) is 10.3 Å². The molecule has 0 unspecified atom stereocenters. The van der Waals surface area contributed by atoms with E-state index < -0.39 is 35.6 Å². The van der Waals surface area contributed by atoms with Crippen LogP contribution < -0.4 is 10.9 Å². The van der Waals surface area contributed by atoms with E-state index in [-0.39, 0.29) is 17.9 Å². The van der Waals surface area contributed by atoms with Gasteiger partial charge in [0, 0.05) is 12.6 Å². The molecule has 0 saturated heterocycles. The monoisotopic (exact) mass is 351 g/mol. The summed E-state index contributed by atoms with van der Waals surface area (Å²) in [7, 11) is 0. The Balaban J connectivity index is 2.25. The molecule has 0 aromatic carbocycles. The molecule has 1 aromatic rings. The molecule has 0 fully saturated rings.